The van der Waals surface area contributed by atoms with Gasteiger partial charge in [-0.2, -0.15) is 0 Å². The smallest absolute Gasteiger partial charge is 0.309 e. The molecule has 0 atom stereocenters. The van der Waals surface area contributed by atoms with Gasteiger partial charge in [0.1, 0.15) is 0 Å². The first-order valence-electron chi connectivity index (χ1n) is 3.70. The second-order valence-electron chi connectivity index (χ2n) is 2.65. The molecule has 0 spiro atoms. The Kier molecular flexibility index (Phi) is 2.50. The Morgan fingerprint density at radius 1 is 1.58 bits per heavy atom. The van der Waals surface area contributed by atoms with Crippen molar-refractivity contribution < 1.29 is 9.90 Å². The van der Waals surface area contributed by atoms with E-state index in [-0.39, 0.29) is 6.42 Å². The number of hydrogen-bond donors (Lipinski definition) is 2. The van der Waals surface area contributed by atoms with Crippen LogP contribution < -0.4 is 5.73 Å². The van der Waals surface area contributed by atoms with Crippen molar-refractivity contribution in [3.05, 3.63) is 23.5 Å². The molecule has 0 aliphatic rings. The van der Waals surface area contributed by atoms with E-state index in [1.165, 1.54) is 0 Å². The minimum absolute atomic E-state index is 0.0521. The summed E-state index contributed by atoms with van der Waals surface area (Å²) in [6.07, 6.45) is 0.0521. The van der Waals surface area contributed by atoms with E-state index in [2.05, 4.69) is 0 Å². The molecule has 1 aromatic rings. The van der Waals surface area contributed by atoms with Crippen LogP contribution in [0.5, 0.6) is 0 Å². The summed E-state index contributed by atoms with van der Waals surface area (Å²) >= 11 is 0. The van der Waals surface area contributed by atoms with Gasteiger partial charge in [-0.15, -0.1) is 0 Å². The largest absolute Gasteiger partial charge is 0.481 e. The van der Waals surface area contributed by atoms with Gasteiger partial charge in [0.2, 0.25) is 0 Å². The van der Waals surface area contributed by atoms with Crippen LogP contribution in [-0.2, 0) is 24.8 Å². The molecule has 0 radical (unpaired) electrons. The van der Waals surface area contributed by atoms with Gasteiger partial charge in [-0.3, -0.25) is 4.79 Å². The Balaban J connectivity index is 2.87. The summed E-state index contributed by atoms with van der Waals surface area (Å²) in [5, 5.41) is 8.53. The molecule has 0 fully saturated rings. The molecule has 66 valence electrons. The molecular formula is C8H12N2O2. The van der Waals surface area contributed by atoms with E-state index in [1.807, 2.05) is 17.7 Å². The number of nitrogens with zero attached hydrogens (tertiary/aromatic N) is 1. The molecule has 0 saturated heterocycles. The van der Waals surface area contributed by atoms with Crippen LogP contribution >= 0.6 is 0 Å². The van der Waals surface area contributed by atoms with E-state index in [9.17, 15) is 4.79 Å². The molecule has 1 heterocycles. The van der Waals surface area contributed by atoms with Gasteiger partial charge in [0.25, 0.3) is 0 Å². The fourth-order valence-electron chi connectivity index (χ4n) is 1.14. The van der Waals surface area contributed by atoms with Crippen molar-refractivity contribution in [3.8, 4) is 0 Å². The van der Waals surface area contributed by atoms with E-state index in [0.717, 1.165) is 11.4 Å². The minimum atomic E-state index is -0.820. The SMILES string of the molecule is Cn1c(CN)ccc1CC(=O)O. The van der Waals surface area contributed by atoms with Crippen molar-refractivity contribution in [2.24, 2.45) is 12.8 Å². The summed E-state index contributed by atoms with van der Waals surface area (Å²) in [6.45, 7) is 0.441. The van der Waals surface area contributed by atoms with Gasteiger partial charge in [-0.1, -0.05) is 0 Å². The molecular weight excluding hydrogens is 156 g/mol. The number of nitrogens with two attached hydrogens (primary N) is 1. The van der Waals surface area contributed by atoms with E-state index in [0.29, 0.717) is 6.54 Å². The van der Waals surface area contributed by atoms with Gasteiger partial charge in [0.05, 0.1) is 6.42 Å². The average Bonchev–Trinajstić information content (AvgIpc) is 2.32. The summed E-state index contributed by atoms with van der Waals surface area (Å²) in [7, 11) is 1.82. The standard InChI is InChI=1S/C8H12N2O2/c1-10-6(4-8(11)12)2-3-7(10)5-9/h2-3H,4-5,9H2,1H3,(H,11,12). The number of hydrogen-bond acceptors (Lipinski definition) is 2. The number of aliphatic carboxylic acids is 1. The average molecular weight is 168 g/mol. The first-order valence-corrected chi connectivity index (χ1v) is 3.70. The maximum Gasteiger partial charge on any atom is 0.309 e. The number of rotatable bonds is 3. The third-order valence-electron chi connectivity index (χ3n) is 1.87. The summed E-state index contributed by atoms with van der Waals surface area (Å²) in [5.41, 5.74) is 7.16. The fourth-order valence-corrected chi connectivity index (χ4v) is 1.14. The third-order valence-corrected chi connectivity index (χ3v) is 1.87. The van der Waals surface area contributed by atoms with E-state index in [1.54, 1.807) is 6.07 Å². The zero-order chi connectivity index (χ0) is 9.14. The highest BCUT2D eigenvalue weighted by Crippen LogP contribution is 2.06. The lowest BCUT2D eigenvalue weighted by molar-refractivity contribution is -0.136. The van der Waals surface area contributed by atoms with Crippen LogP contribution in [0.1, 0.15) is 11.4 Å². The maximum atomic E-state index is 10.4. The summed E-state index contributed by atoms with van der Waals surface area (Å²) in [4.78, 5) is 10.4. The molecule has 0 amide bonds. The van der Waals surface area contributed by atoms with Crippen molar-refractivity contribution in [2.75, 3.05) is 0 Å². The lowest BCUT2D eigenvalue weighted by Gasteiger charge is -2.03. The number of carbonyl (C=O) groups is 1. The molecule has 4 nitrogen and oxygen atoms in total. The Hall–Kier alpha value is -1.29. The lowest BCUT2D eigenvalue weighted by atomic mass is 10.3. The van der Waals surface area contributed by atoms with Gasteiger partial charge >= 0.3 is 5.97 Å². The molecule has 0 saturated carbocycles. The monoisotopic (exact) mass is 168 g/mol. The first kappa shape index (κ1) is 8.80. The van der Waals surface area contributed by atoms with Crippen LogP contribution in [0.15, 0.2) is 12.1 Å². The number of carboxylic acids is 1. The maximum absolute atomic E-state index is 10.4. The molecule has 0 bridgehead atoms. The second-order valence-corrected chi connectivity index (χ2v) is 2.65. The second kappa shape index (κ2) is 3.40. The molecule has 3 N–H and O–H groups in total. The quantitative estimate of drug-likeness (QED) is 0.673. The molecule has 4 heteroatoms. The molecule has 1 aromatic heterocycles. The first-order chi connectivity index (χ1) is 5.65. The van der Waals surface area contributed by atoms with E-state index < -0.39 is 5.97 Å². The predicted molar refractivity (Wildman–Crippen MR) is 44.6 cm³/mol. The lowest BCUT2D eigenvalue weighted by Crippen LogP contribution is -2.09. The molecule has 0 aliphatic heterocycles. The third kappa shape index (κ3) is 1.65. The zero-order valence-corrected chi connectivity index (χ0v) is 6.95. The summed E-state index contributed by atoms with van der Waals surface area (Å²) < 4.78 is 1.81. The van der Waals surface area contributed by atoms with Gasteiger partial charge in [0.15, 0.2) is 0 Å². The highest BCUT2D eigenvalue weighted by atomic mass is 16.4. The van der Waals surface area contributed by atoms with Crippen molar-refractivity contribution >= 4 is 5.97 Å². The van der Waals surface area contributed by atoms with Gasteiger partial charge in [0, 0.05) is 25.0 Å². The van der Waals surface area contributed by atoms with Gasteiger partial charge < -0.3 is 15.4 Å². The van der Waals surface area contributed by atoms with Crippen LogP contribution in [-0.4, -0.2) is 15.6 Å². The topological polar surface area (TPSA) is 68.2 Å². The van der Waals surface area contributed by atoms with Crippen LogP contribution in [0.3, 0.4) is 0 Å². The molecule has 0 unspecified atom stereocenters. The molecule has 0 aliphatic carbocycles. The van der Waals surface area contributed by atoms with Crippen molar-refractivity contribution in [3.63, 3.8) is 0 Å². The van der Waals surface area contributed by atoms with Crippen LogP contribution in [0.25, 0.3) is 0 Å². The minimum Gasteiger partial charge on any atom is -0.481 e. The number of carboxylic acid groups (broad SMARTS) is 1. The van der Waals surface area contributed by atoms with Crippen molar-refractivity contribution in [1.82, 2.24) is 4.57 Å². The normalized spacial score (nSPS) is 10.2. The van der Waals surface area contributed by atoms with Crippen molar-refractivity contribution in [2.45, 2.75) is 13.0 Å². The van der Waals surface area contributed by atoms with Crippen LogP contribution in [0.4, 0.5) is 0 Å². The van der Waals surface area contributed by atoms with Gasteiger partial charge in [-0.05, 0) is 12.1 Å². The predicted octanol–water partition coefficient (Wildman–Crippen LogP) is 0.111. The zero-order valence-electron chi connectivity index (χ0n) is 6.95. The molecule has 0 aromatic carbocycles. The number of aromatic nitrogens is 1. The molecule has 12 heavy (non-hydrogen) atoms. The Morgan fingerprint density at radius 2 is 2.17 bits per heavy atom. The summed E-state index contributed by atoms with van der Waals surface area (Å²) in [5.74, 6) is -0.820. The van der Waals surface area contributed by atoms with Crippen LogP contribution in [0.2, 0.25) is 0 Å². The fraction of sp³-hybridized carbons (Fsp3) is 0.375. The van der Waals surface area contributed by atoms with Crippen molar-refractivity contribution in [1.29, 1.82) is 0 Å². The Morgan fingerprint density at radius 3 is 2.58 bits per heavy atom. The van der Waals surface area contributed by atoms with E-state index >= 15 is 0 Å². The highest BCUT2D eigenvalue weighted by molar-refractivity contribution is 5.69. The summed E-state index contributed by atoms with van der Waals surface area (Å²) in [6, 6.07) is 3.63. The molecule has 1 rings (SSSR count). The van der Waals surface area contributed by atoms with Gasteiger partial charge in [-0.25, -0.2) is 0 Å². The Labute approximate surface area is 70.6 Å². The Bertz CT molecular complexity index is 291. The highest BCUT2D eigenvalue weighted by Gasteiger charge is 2.06. The van der Waals surface area contributed by atoms with Crippen LogP contribution in [0, 0.1) is 0 Å². The van der Waals surface area contributed by atoms with E-state index in [4.69, 9.17) is 10.8 Å².